The van der Waals surface area contributed by atoms with Crippen molar-refractivity contribution in [2.24, 2.45) is 0 Å². The molecule has 2 rings (SSSR count). The van der Waals surface area contributed by atoms with Gasteiger partial charge < -0.3 is 10.1 Å². The summed E-state index contributed by atoms with van der Waals surface area (Å²) >= 11 is 0. The third-order valence-corrected chi connectivity index (χ3v) is 2.79. The maximum absolute atomic E-state index is 11.9. The summed E-state index contributed by atoms with van der Waals surface area (Å²) in [6.07, 6.45) is 1.60. The molecule has 0 saturated heterocycles. The maximum atomic E-state index is 11.9. The molecule has 1 heterocycles. The van der Waals surface area contributed by atoms with Crippen LogP contribution in [0.3, 0.4) is 0 Å². The van der Waals surface area contributed by atoms with Crippen molar-refractivity contribution in [1.29, 1.82) is 0 Å². The lowest BCUT2D eigenvalue weighted by Gasteiger charge is -2.17. The van der Waals surface area contributed by atoms with Crippen LogP contribution in [-0.2, 0) is 11.3 Å². The summed E-state index contributed by atoms with van der Waals surface area (Å²) in [5.41, 5.74) is 1.33. The second-order valence-electron chi connectivity index (χ2n) is 4.38. The minimum absolute atomic E-state index is 0.165. The van der Waals surface area contributed by atoms with Crippen molar-refractivity contribution in [3.63, 3.8) is 0 Å². The van der Waals surface area contributed by atoms with Crippen LogP contribution in [0.1, 0.15) is 5.69 Å². The first-order valence-corrected chi connectivity index (χ1v) is 6.13. The fourth-order valence-corrected chi connectivity index (χ4v) is 1.95. The highest BCUT2D eigenvalue weighted by Crippen LogP contribution is 2.07. The van der Waals surface area contributed by atoms with Gasteiger partial charge in [0.15, 0.2) is 0 Å². The van der Waals surface area contributed by atoms with E-state index < -0.39 is 5.97 Å². The molecule has 0 fully saturated rings. The summed E-state index contributed by atoms with van der Waals surface area (Å²) in [7, 11) is 0. The highest BCUT2D eigenvalue weighted by molar-refractivity contribution is 5.73. The highest BCUT2D eigenvalue weighted by atomic mass is 16.4. The zero-order valence-corrected chi connectivity index (χ0v) is 10.9. The molecule has 0 unspecified atom stereocenters. The predicted molar refractivity (Wildman–Crippen MR) is 75.5 cm³/mol. The molecule has 1 aromatic heterocycles. The number of nitrogens with zero attached hydrogens (tertiary/aromatic N) is 2. The maximum Gasteiger partial charge on any atom is 0.317 e. The summed E-state index contributed by atoms with van der Waals surface area (Å²) in [5.74, 6) is -0.955. The molecule has 0 aliphatic heterocycles. The number of hydrogen-bond acceptors (Lipinski definition) is 4. The molecular weight excluding hydrogens is 258 g/mol. The fourth-order valence-electron chi connectivity index (χ4n) is 1.95. The summed E-state index contributed by atoms with van der Waals surface area (Å²) in [5, 5.41) is 8.85. The van der Waals surface area contributed by atoms with Crippen LogP contribution in [0, 0.1) is 0 Å². The van der Waals surface area contributed by atoms with Crippen LogP contribution >= 0.6 is 0 Å². The fraction of sp³-hybridized carbons (Fsp3) is 0.214. The SMILES string of the molecule is C=CCN(CC(=O)O)Cc1nc2ccccc2[nH]c1=O. The molecule has 0 aliphatic carbocycles. The quantitative estimate of drug-likeness (QED) is 0.767. The Balaban J connectivity index is 2.31. The van der Waals surface area contributed by atoms with Gasteiger partial charge in [-0.3, -0.25) is 14.5 Å². The molecular formula is C14H15N3O3. The van der Waals surface area contributed by atoms with Gasteiger partial charge in [0.1, 0.15) is 5.69 Å². The number of nitrogens with one attached hydrogen (secondary N) is 1. The first kappa shape index (κ1) is 14.0. The molecule has 0 amide bonds. The van der Waals surface area contributed by atoms with Crippen LogP contribution in [0.5, 0.6) is 0 Å². The summed E-state index contributed by atoms with van der Waals surface area (Å²) < 4.78 is 0. The van der Waals surface area contributed by atoms with E-state index >= 15 is 0 Å². The lowest BCUT2D eigenvalue weighted by Crippen LogP contribution is -2.32. The first-order chi connectivity index (χ1) is 9.60. The van der Waals surface area contributed by atoms with Crippen molar-refractivity contribution < 1.29 is 9.90 Å². The van der Waals surface area contributed by atoms with Crippen molar-refractivity contribution in [3.05, 3.63) is 53.0 Å². The molecule has 6 heteroatoms. The van der Waals surface area contributed by atoms with Crippen molar-refractivity contribution in [3.8, 4) is 0 Å². The third kappa shape index (κ3) is 3.30. The number of aromatic nitrogens is 2. The molecule has 6 nitrogen and oxygen atoms in total. The standard InChI is InChI=1S/C14H15N3O3/c1-2-7-17(9-13(18)19)8-12-14(20)16-11-6-4-3-5-10(11)15-12/h2-6H,1,7-9H2,(H,16,20)(H,18,19). The average molecular weight is 273 g/mol. The van der Waals surface area contributed by atoms with E-state index in [9.17, 15) is 9.59 Å². The molecule has 2 aromatic rings. The van der Waals surface area contributed by atoms with Crippen LogP contribution < -0.4 is 5.56 Å². The number of carboxylic acid groups (broad SMARTS) is 1. The van der Waals surface area contributed by atoms with Gasteiger partial charge in [0.25, 0.3) is 5.56 Å². The molecule has 1 aromatic carbocycles. The van der Waals surface area contributed by atoms with Crippen LogP contribution in [0.25, 0.3) is 11.0 Å². The first-order valence-electron chi connectivity index (χ1n) is 6.13. The average Bonchev–Trinajstić information content (AvgIpc) is 2.39. The smallest absolute Gasteiger partial charge is 0.317 e. The largest absolute Gasteiger partial charge is 0.480 e. The van der Waals surface area contributed by atoms with E-state index in [4.69, 9.17) is 5.11 Å². The van der Waals surface area contributed by atoms with Gasteiger partial charge in [-0.25, -0.2) is 4.98 Å². The Hall–Kier alpha value is -2.47. The van der Waals surface area contributed by atoms with Crippen molar-refractivity contribution in [2.75, 3.05) is 13.1 Å². The monoisotopic (exact) mass is 273 g/mol. The van der Waals surface area contributed by atoms with Crippen LogP contribution in [0.2, 0.25) is 0 Å². The second-order valence-corrected chi connectivity index (χ2v) is 4.38. The Morgan fingerprint density at radius 1 is 1.45 bits per heavy atom. The van der Waals surface area contributed by atoms with E-state index in [0.29, 0.717) is 23.3 Å². The Kier molecular flexibility index (Phi) is 4.27. The van der Waals surface area contributed by atoms with Gasteiger partial charge in [-0.05, 0) is 12.1 Å². The van der Waals surface area contributed by atoms with Crippen molar-refractivity contribution >= 4 is 17.0 Å². The van der Waals surface area contributed by atoms with E-state index in [1.807, 2.05) is 12.1 Å². The van der Waals surface area contributed by atoms with Gasteiger partial charge in [-0.1, -0.05) is 18.2 Å². The van der Waals surface area contributed by atoms with Crippen molar-refractivity contribution in [2.45, 2.75) is 6.54 Å². The Bertz CT molecular complexity index is 693. The molecule has 2 N–H and O–H groups in total. The molecule has 20 heavy (non-hydrogen) atoms. The Morgan fingerprint density at radius 2 is 2.20 bits per heavy atom. The normalized spacial score (nSPS) is 10.8. The van der Waals surface area contributed by atoms with Crippen LogP contribution in [0.15, 0.2) is 41.7 Å². The van der Waals surface area contributed by atoms with Gasteiger partial charge in [0.2, 0.25) is 0 Å². The molecule has 0 bridgehead atoms. The number of aliphatic carboxylic acids is 1. The number of carbonyl (C=O) groups is 1. The Morgan fingerprint density at radius 3 is 2.90 bits per heavy atom. The van der Waals surface area contributed by atoms with Gasteiger partial charge in [0.05, 0.1) is 17.6 Å². The number of benzene rings is 1. The number of hydrogen-bond donors (Lipinski definition) is 2. The summed E-state index contributed by atoms with van der Waals surface area (Å²) in [6.45, 7) is 3.95. The van der Waals surface area contributed by atoms with E-state index in [1.165, 1.54) is 0 Å². The van der Waals surface area contributed by atoms with E-state index in [2.05, 4.69) is 16.5 Å². The minimum atomic E-state index is -0.955. The topological polar surface area (TPSA) is 86.3 Å². The number of carboxylic acids is 1. The summed E-state index contributed by atoms with van der Waals surface area (Å²) in [6, 6.07) is 7.21. The molecule has 0 atom stereocenters. The van der Waals surface area contributed by atoms with E-state index in [-0.39, 0.29) is 18.6 Å². The number of para-hydroxylation sites is 2. The van der Waals surface area contributed by atoms with Gasteiger partial charge in [-0.15, -0.1) is 6.58 Å². The van der Waals surface area contributed by atoms with E-state index in [0.717, 1.165) is 0 Å². The molecule has 104 valence electrons. The predicted octanol–water partition coefficient (Wildman–Crippen LogP) is 0.996. The zero-order valence-electron chi connectivity index (χ0n) is 10.9. The molecule has 0 spiro atoms. The molecule has 0 aliphatic rings. The van der Waals surface area contributed by atoms with Crippen LogP contribution in [0.4, 0.5) is 0 Å². The second kappa shape index (κ2) is 6.12. The zero-order chi connectivity index (χ0) is 14.5. The number of H-pyrrole nitrogens is 1. The third-order valence-electron chi connectivity index (χ3n) is 2.79. The molecule has 0 saturated carbocycles. The number of aromatic amines is 1. The highest BCUT2D eigenvalue weighted by Gasteiger charge is 2.12. The van der Waals surface area contributed by atoms with Crippen molar-refractivity contribution in [1.82, 2.24) is 14.9 Å². The minimum Gasteiger partial charge on any atom is -0.480 e. The Labute approximate surface area is 115 Å². The molecule has 0 radical (unpaired) electrons. The number of rotatable bonds is 6. The lowest BCUT2D eigenvalue weighted by atomic mass is 10.3. The van der Waals surface area contributed by atoms with Gasteiger partial charge in [-0.2, -0.15) is 0 Å². The lowest BCUT2D eigenvalue weighted by molar-refractivity contribution is -0.138. The van der Waals surface area contributed by atoms with Gasteiger partial charge >= 0.3 is 5.97 Å². The number of fused-ring (bicyclic) bond motifs is 1. The van der Waals surface area contributed by atoms with Gasteiger partial charge in [0, 0.05) is 13.1 Å². The summed E-state index contributed by atoms with van der Waals surface area (Å²) in [4.78, 5) is 31.3. The van der Waals surface area contributed by atoms with E-state index in [1.54, 1.807) is 23.1 Å². The van der Waals surface area contributed by atoms with Crippen LogP contribution in [-0.4, -0.2) is 39.0 Å².